The van der Waals surface area contributed by atoms with E-state index in [2.05, 4.69) is 0 Å². The molecule has 0 saturated carbocycles. The Kier molecular flexibility index (Phi) is 4.19. The van der Waals surface area contributed by atoms with Gasteiger partial charge in [0.15, 0.2) is 11.5 Å². The molecule has 0 bridgehead atoms. The Morgan fingerprint density at radius 2 is 1.78 bits per heavy atom. The number of hydrogen-bond acceptors (Lipinski definition) is 6. The van der Waals surface area contributed by atoms with Crippen LogP contribution in [0.5, 0.6) is 17.2 Å². The van der Waals surface area contributed by atoms with Gasteiger partial charge in [-0.15, -0.1) is 0 Å². The normalized spacial score (nSPS) is 12.7. The van der Waals surface area contributed by atoms with E-state index in [4.69, 9.17) is 18.6 Å². The van der Waals surface area contributed by atoms with Gasteiger partial charge < -0.3 is 23.5 Å². The van der Waals surface area contributed by atoms with Crippen molar-refractivity contribution in [2.75, 3.05) is 27.3 Å². The van der Waals surface area contributed by atoms with Crippen LogP contribution >= 0.6 is 0 Å². The summed E-state index contributed by atoms with van der Waals surface area (Å²) >= 11 is 0. The topological polar surface area (TPSA) is 78.2 Å². The predicted octanol–water partition coefficient (Wildman–Crippen LogP) is 3.29. The van der Waals surface area contributed by atoms with Crippen molar-refractivity contribution < 1.29 is 23.4 Å². The summed E-state index contributed by atoms with van der Waals surface area (Å²) in [5.74, 6) is 1.56. The largest absolute Gasteiger partial charge is 0.486 e. The summed E-state index contributed by atoms with van der Waals surface area (Å²) < 4.78 is 21.7. The van der Waals surface area contributed by atoms with Crippen LogP contribution in [0.15, 0.2) is 51.7 Å². The molecular formula is C20H17NO6. The highest BCUT2D eigenvalue weighted by Gasteiger charge is 2.15. The number of benzene rings is 2. The zero-order valence-electron chi connectivity index (χ0n) is 14.9. The Morgan fingerprint density at radius 3 is 2.56 bits per heavy atom. The Balaban J connectivity index is 1.72. The highest BCUT2D eigenvalue weighted by atomic mass is 16.6. The van der Waals surface area contributed by atoms with Crippen LogP contribution in [-0.2, 0) is 0 Å². The van der Waals surface area contributed by atoms with Gasteiger partial charge in [-0.25, -0.2) is 9.59 Å². The molecule has 0 N–H and O–H groups in total. The standard InChI is InChI=1S/C20H17NO6/c1-21(2)20(23)26-14-5-3-13-9-15(19(22)27-17(13)11-14)12-4-6-16-18(10-12)25-8-7-24-16/h3-6,9-11H,7-8H2,1-2H3. The van der Waals surface area contributed by atoms with E-state index in [9.17, 15) is 9.59 Å². The van der Waals surface area contributed by atoms with Gasteiger partial charge in [0.2, 0.25) is 0 Å². The van der Waals surface area contributed by atoms with E-state index in [1.54, 1.807) is 50.5 Å². The first-order valence-corrected chi connectivity index (χ1v) is 8.38. The average molecular weight is 367 g/mol. The van der Waals surface area contributed by atoms with Crippen LogP contribution in [0.3, 0.4) is 0 Å². The number of amides is 1. The molecule has 2 aromatic carbocycles. The lowest BCUT2D eigenvalue weighted by Crippen LogP contribution is -2.25. The molecule has 7 nitrogen and oxygen atoms in total. The summed E-state index contributed by atoms with van der Waals surface area (Å²) in [6.07, 6.45) is -0.510. The Labute approximate surface area is 154 Å². The smallest absolute Gasteiger partial charge is 0.414 e. The maximum absolute atomic E-state index is 12.5. The first-order valence-electron chi connectivity index (χ1n) is 8.38. The monoisotopic (exact) mass is 367 g/mol. The second-order valence-corrected chi connectivity index (χ2v) is 6.27. The lowest BCUT2D eigenvalue weighted by Gasteiger charge is -2.18. The van der Waals surface area contributed by atoms with Crippen molar-refractivity contribution in [3.8, 4) is 28.4 Å². The summed E-state index contributed by atoms with van der Waals surface area (Å²) in [7, 11) is 3.17. The molecule has 27 heavy (non-hydrogen) atoms. The molecule has 0 spiro atoms. The van der Waals surface area contributed by atoms with E-state index in [0.29, 0.717) is 52.6 Å². The molecule has 1 aliphatic heterocycles. The Hall–Kier alpha value is -3.48. The van der Waals surface area contributed by atoms with Crippen LogP contribution in [0.4, 0.5) is 4.79 Å². The molecule has 1 amide bonds. The molecule has 0 fully saturated rings. The number of nitrogens with zero attached hydrogens (tertiary/aromatic N) is 1. The minimum Gasteiger partial charge on any atom is -0.486 e. The average Bonchev–Trinajstić information content (AvgIpc) is 2.67. The van der Waals surface area contributed by atoms with Crippen LogP contribution in [0, 0.1) is 0 Å². The number of carbonyl (C=O) groups is 1. The SMILES string of the molecule is CN(C)C(=O)Oc1ccc2cc(-c3ccc4c(c3)OCCO4)c(=O)oc2c1. The van der Waals surface area contributed by atoms with E-state index in [-0.39, 0.29) is 0 Å². The van der Waals surface area contributed by atoms with Crippen LogP contribution in [0.25, 0.3) is 22.1 Å². The van der Waals surface area contributed by atoms with Gasteiger partial charge in [0, 0.05) is 25.5 Å². The Bertz CT molecular complexity index is 1090. The summed E-state index contributed by atoms with van der Waals surface area (Å²) in [6.45, 7) is 0.975. The van der Waals surface area contributed by atoms with Gasteiger partial charge in [-0.05, 0) is 35.9 Å². The summed E-state index contributed by atoms with van der Waals surface area (Å²) in [4.78, 5) is 25.5. The maximum atomic E-state index is 12.5. The molecule has 1 aromatic heterocycles. The minimum absolute atomic E-state index is 0.302. The van der Waals surface area contributed by atoms with Crippen molar-refractivity contribution in [3.63, 3.8) is 0 Å². The van der Waals surface area contributed by atoms with E-state index in [0.717, 1.165) is 0 Å². The lowest BCUT2D eigenvalue weighted by molar-refractivity contribution is 0.171. The molecule has 0 saturated heterocycles. The van der Waals surface area contributed by atoms with E-state index in [1.165, 1.54) is 11.0 Å². The number of rotatable bonds is 2. The second kappa shape index (κ2) is 6.68. The zero-order valence-corrected chi connectivity index (χ0v) is 14.9. The fourth-order valence-electron chi connectivity index (χ4n) is 2.76. The molecule has 7 heteroatoms. The lowest BCUT2D eigenvalue weighted by atomic mass is 10.1. The van der Waals surface area contributed by atoms with Crippen molar-refractivity contribution in [1.29, 1.82) is 0 Å². The molecule has 4 rings (SSSR count). The first kappa shape index (κ1) is 17.0. The first-order chi connectivity index (χ1) is 13.0. The molecule has 0 aliphatic carbocycles. The van der Waals surface area contributed by atoms with Crippen molar-refractivity contribution in [2.24, 2.45) is 0 Å². The molecule has 0 unspecified atom stereocenters. The van der Waals surface area contributed by atoms with Gasteiger partial charge >= 0.3 is 11.7 Å². The third kappa shape index (κ3) is 3.31. The molecule has 0 atom stereocenters. The highest BCUT2D eigenvalue weighted by molar-refractivity contribution is 5.84. The van der Waals surface area contributed by atoms with Crippen LogP contribution in [0.2, 0.25) is 0 Å². The van der Waals surface area contributed by atoms with E-state index >= 15 is 0 Å². The minimum atomic E-state index is -0.510. The number of hydrogen-bond donors (Lipinski definition) is 0. The predicted molar refractivity (Wildman–Crippen MR) is 98.6 cm³/mol. The third-order valence-electron chi connectivity index (χ3n) is 4.13. The van der Waals surface area contributed by atoms with Gasteiger partial charge in [0.1, 0.15) is 24.5 Å². The van der Waals surface area contributed by atoms with E-state index < -0.39 is 11.7 Å². The third-order valence-corrected chi connectivity index (χ3v) is 4.13. The fraction of sp³-hybridized carbons (Fsp3) is 0.200. The number of carbonyl (C=O) groups excluding carboxylic acids is 1. The Morgan fingerprint density at radius 1 is 1.00 bits per heavy atom. The van der Waals surface area contributed by atoms with Gasteiger partial charge in [0.05, 0.1) is 5.56 Å². The van der Waals surface area contributed by atoms with Crippen LogP contribution < -0.4 is 19.8 Å². The van der Waals surface area contributed by atoms with Crippen molar-refractivity contribution in [1.82, 2.24) is 4.90 Å². The van der Waals surface area contributed by atoms with Crippen LogP contribution in [-0.4, -0.2) is 38.3 Å². The quantitative estimate of drug-likeness (QED) is 0.647. The molecule has 1 aliphatic rings. The molecule has 0 radical (unpaired) electrons. The molecule has 2 heterocycles. The highest BCUT2D eigenvalue weighted by Crippen LogP contribution is 2.34. The fourth-order valence-corrected chi connectivity index (χ4v) is 2.76. The zero-order chi connectivity index (χ0) is 19.0. The molecular weight excluding hydrogens is 350 g/mol. The maximum Gasteiger partial charge on any atom is 0.414 e. The van der Waals surface area contributed by atoms with Crippen molar-refractivity contribution in [3.05, 3.63) is 52.9 Å². The number of ether oxygens (including phenoxy) is 3. The van der Waals surface area contributed by atoms with Gasteiger partial charge in [-0.3, -0.25) is 0 Å². The number of fused-ring (bicyclic) bond motifs is 2. The van der Waals surface area contributed by atoms with Crippen molar-refractivity contribution in [2.45, 2.75) is 0 Å². The molecule has 3 aromatic rings. The van der Waals surface area contributed by atoms with Gasteiger partial charge in [-0.2, -0.15) is 0 Å². The summed E-state index contributed by atoms with van der Waals surface area (Å²) in [5.41, 5.74) is 0.941. The molecule has 138 valence electrons. The van der Waals surface area contributed by atoms with Gasteiger partial charge in [-0.1, -0.05) is 6.07 Å². The summed E-state index contributed by atoms with van der Waals surface area (Å²) in [5, 5.41) is 0.712. The van der Waals surface area contributed by atoms with Crippen LogP contribution in [0.1, 0.15) is 0 Å². The second-order valence-electron chi connectivity index (χ2n) is 6.27. The van der Waals surface area contributed by atoms with E-state index in [1.807, 2.05) is 0 Å². The van der Waals surface area contributed by atoms with Gasteiger partial charge in [0.25, 0.3) is 0 Å². The van der Waals surface area contributed by atoms with Crippen molar-refractivity contribution >= 4 is 17.1 Å². The summed E-state index contributed by atoms with van der Waals surface area (Å²) in [6, 6.07) is 12.0.